The fraction of sp³-hybridized carbons (Fsp3) is 0.0556. The van der Waals surface area contributed by atoms with Crippen LogP contribution in [0.5, 0.6) is 0 Å². The van der Waals surface area contributed by atoms with Crippen LogP contribution in [0.25, 0.3) is 6.08 Å². The third kappa shape index (κ3) is 3.89. The van der Waals surface area contributed by atoms with E-state index in [2.05, 4.69) is 11.9 Å². The molecule has 0 atom stereocenters. The van der Waals surface area contributed by atoms with Gasteiger partial charge in [-0.2, -0.15) is 0 Å². The fourth-order valence-electron chi connectivity index (χ4n) is 2.20. The van der Waals surface area contributed by atoms with E-state index in [1.165, 1.54) is 22.7 Å². The van der Waals surface area contributed by atoms with Gasteiger partial charge in [-0.15, -0.1) is 6.58 Å². The summed E-state index contributed by atoms with van der Waals surface area (Å²) in [5, 5.41) is 3.24. The van der Waals surface area contributed by atoms with Crippen molar-refractivity contribution in [1.29, 1.82) is 0 Å². The summed E-state index contributed by atoms with van der Waals surface area (Å²) in [6, 6.07) is 13.3. The van der Waals surface area contributed by atoms with Gasteiger partial charge in [0, 0.05) is 11.4 Å². The topological polar surface area (TPSA) is 62.6 Å². The van der Waals surface area contributed by atoms with E-state index >= 15 is 0 Å². The van der Waals surface area contributed by atoms with Crippen LogP contribution in [0, 0.1) is 0 Å². The molecule has 2 heterocycles. The van der Waals surface area contributed by atoms with Crippen molar-refractivity contribution in [3.63, 3.8) is 0 Å². The van der Waals surface area contributed by atoms with Crippen molar-refractivity contribution in [2.24, 2.45) is 0 Å². The zero-order valence-corrected chi connectivity index (χ0v) is 14.7. The van der Waals surface area contributed by atoms with E-state index in [9.17, 15) is 9.59 Å². The van der Waals surface area contributed by atoms with Crippen molar-refractivity contribution >= 4 is 47.0 Å². The van der Waals surface area contributed by atoms with Crippen LogP contribution in [0.3, 0.4) is 0 Å². The lowest BCUT2D eigenvalue weighted by atomic mass is 10.1. The zero-order chi connectivity index (χ0) is 17.8. The van der Waals surface area contributed by atoms with E-state index in [0.29, 0.717) is 10.9 Å². The molecule has 5 nitrogen and oxygen atoms in total. The summed E-state index contributed by atoms with van der Waals surface area (Å²) >= 11 is 6.47. The molecule has 1 aromatic carbocycles. The van der Waals surface area contributed by atoms with Crippen molar-refractivity contribution in [2.45, 2.75) is 9.99 Å². The number of hydrogen-bond acceptors (Lipinski definition) is 5. The Bertz CT molecular complexity index is 871. The van der Waals surface area contributed by atoms with Crippen molar-refractivity contribution in [2.75, 3.05) is 6.54 Å². The van der Waals surface area contributed by atoms with Crippen molar-refractivity contribution in [3.05, 3.63) is 66.5 Å². The largest absolute Gasteiger partial charge is 0.450 e. The Morgan fingerprint density at radius 3 is 2.68 bits per heavy atom. The SMILES string of the molecule is C=CCN1C(=O)C(=Cc2ccc(Sc3ccccc3)o2)C(=O)NC1=S. The Labute approximate surface area is 154 Å². The first-order valence-electron chi connectivity index (χ1n) is 7.41. The summed E-state index contributed by atoms with van der Waals surface area (Å²) in [5.74, 6) is -0.588. The van der Waals surface area contributed by atoms with Gasteiger partial charge in [0.2, 0.25) is 0 Å². The minimum absolute atomic E-state index is 0.0268. The molecule has 1 fully saturated rings. The van der Waals surface area contributed by atoms with Gasteiger partial charge in [0.15, 0.2) is 10.2 Å². The molecule has 1 aromatic heterocycles. The van der Waals surface area contributed by atoms with Gasteiger partial charge < -0.3 is 4.42 Å². The molecule has 0 saturated carbocycles. The molecule has 1 aliphatic heterocycles. The van der Waals surface area contributed by atoms with Gasteiger partial charge >= 0.3 is 0 Å². The highest BCUT2D eigenvalue weighted by atomic mass is 32.2. The Hall–Kier alpha value is -2.64. The molecule has 0 aliphatic carbocycles. The van der Waals surface area contributed by atoms with Crippen LogP contribution < -0.4 is 5.32 Å². The molecule has 126 valence electrons. The van der Waals surface area contributed by atoms with E-state index in [4.69, 9.17) is 16.6 Å². The lowest BCUT2D eigenvalue weighted by Gasteiger charge is -2.27. The molecular formula is C18H14N2O3S2. The summed E-state index contributed by atoms with van der Waals surface area (Å²) < 4.78 is 5.69. The quantitative estimate of drug-likeness (QED) is 0.379. The molecule has 7 heteroatoms. The minimum atomic E-state index is -0.538. The number of carbonyl (C=O) groups excluding carboxylic acids is 2. The maximum absolute atomic E-state index is 12.5. The number of hydrogen-bond donors (Lipinski definition) is 1. The second-order valence-electron chi connectivity index (χ2n) is 5.09. The average molecular weight is 370 g/mol. The third-order valence-corrected chi connectivity index (χ3v) is 4.60. The first-order valence-corrected chi connectivity index (χ1v) is 8.63. The number of carbonyl (C=O) groups is 2. The first-order chi connectivity index (χ1) is 12.1. The highest BCUT2D eigenvalue weighted by Gasteiger charge is 2.32. The third-order valence-electron chi connectivity index (χ3n) is 3.35. The standard InChI is InChI=1S/C18H14N2O3S2/c1-2-10-20-17(22)14(16(21)19-18(20)24)11-12-8-9-15(23-12)25-13-6-4-3-5-7-13/h2-9,11H,1,10H2,(H,19,21,24). The molecular weight excluding hydrogens is 356 g/mol. The number of benzene rings is 1. The van der Waals surface area contributed by atoms with Crippen LogP contribution in [-0.2, 0) is 9.59 Å². The summed E-state index contributed by atoms with van der Waals surface area (Å²) in [5.41, 5.74) is -0.0268. The number of nitrogens with one attached hydrogen (secondary N) is 1. The van der Waals surface area contributed by atoms with Gasteiger partial charge in [-0.25, -0.2) is 0 Å². The number of thiocarbonyl (C=S) groups is 1. The molecule has 1 N–H and O–H groups in total. The number of furan rings is 1. The van der Waals surface area contributed by atoms with Crippen LogP contribution in [0.15, 0.2) is 75.1 Å². The molecule has 0 bridgehead atoms. The Kier molecular flexibility index (Phi) is 5.16. The predicted octanol–water partition coefficient (Wildman–Crippen LogP) is 3.24. The molecule has 1 aliphatic rings. The van der Waals surface area contributed by atoms with Crippen LogP contribution in [0.1, 0.15) is 5.76 Å². The molecule has 2 aromatic rings. The van der Waals surface area contributed by atoms with Crippen LogP contribution >= 0.6 is 24.0 Å². The lowest BCUT2D eigenvalue weighted by Crippen LogP contribution is -2.53. The first kappa shape index (κ1) is 17.2. The van der Waals surface area contributed by atoms with Crippen LogP contribution in [-0.4, -0.2) is 28.4 Å². The number of amides is 2. The Morgan fingerprint density at radius 2 is 1.96 bits per heavy atom. The number of nitrogens with zero attached hydrogens (tertiary/aromatic N) is 1. The zero-order valence-electron chi connectivity index (χ0n) is 13.1. The van der Waals surface area contributed by atoms with Gasteiger partial charge in [0.1, 0.15) is 11.3 Å². The second kappa shape index (κ2) is 7.50. The molecule has 0 spiro atoms. The average Bonchev–Trinajstić information content (AvgIpc) is 3.03. The van der Waals surface area contributed by atoms with E-state index < -0.39 is 11.8 Å². The normalized spacial score (nSPS) is 16.2. The van der Waals surface area contributed by atoms with Gasteiger partial charge in [0.05, 0.1) is 0 Å². The number of rotatable bonds is 5. The maximum Gasteiger partial charge on any atom is 0.266 e. The lowest BCUT2D eigenvalue weighted by molar-refractivity contribution is -0.128. The molecule has 0 radical (unpaired) electrons. The Balaban J connectivity index is 1.82. The summed E-state index contributed by atoms with van der Waals surface area (Å²) in [6.45, 7) is 3.81. The summed E-state index contributed by atoms with van der Waals surface area (Å²) in [4.78, 5) is 26.8. The van der Waals surface area contributed by atoms with Gasteiger partial charge in [-0.05, 0) is 42.6 Å². The van der Waals surface area contributed by atoms with Gasteiger partial charge in [-0.1, -0.05) is 36.0 Å². The van der Waals surface area contributed by atoms with Gasteiger partial charge in [-0.3, -0.25) is 19.8 Å². The fourth-order valence-corrected chi connectivity index (χ4v) is 3.25. The smallest absolute Gasteiger partial charge is 0.266 e. The van der Waals surface area contributed by atoms with Gasteiger partial charge in [0.25, 0.3) is 11.8 Å². The molecule has 3 rings (SSSR count). The summed E-state index contributed by atoms with van der Waals surface area (Å²) in [7, 11) is 0. The minimum Gasteiger partial charge on any atom is -0.450 e. The molecule has 0 unspecified atom stereocenters. The van der Waals surface area contributed by atoms with Crippen molar-refractivity contribution in [3.8, 4) is 0 Å². The van der Waals surface area contributed by atoms with E-state index in [-0.39, 0.29) is 17.2 Å². The Morgan fingerprint density at radius 1 is 1.20 bits per heavy atom. The van der Waals surface area contributed by atoms with Crippen LogP contribution in [0.2, 0.25) is 0 Å². The predicted molar refractivity (Wildman–Crippen MR) is 99.9 cm³/mol. The molecule has 2 amide bonds. The molecule has 1 saturated heterocycles. The van der Waals surface area contributed by atoms with Crippen LogP contribution in [0.4, 0.5) is 0 Å². The van der Waals surface area contributed by atoms with Crippen molar-refractivity contribution < 1.29 is 14.0 Å². The van der Waals surface area contributed by atoms with E-state index in [1.807, 2.05) is 30.3 Å². The van der Waals surface area contributed by atoms with E-state index in [0.717, 1.165) is 4.90 Å². The van der Waals surface area contributed by atoms with E-state index in [1.54, 1.807) is 18.2 Å². The second-order valence-corrected chi connectivity index (χ2v) is 6.56. The monoisotopic (exact) mass is 370 g/mol. The highest BCUT2D eigenvalue weighted by molar-refractivity contribution is 7.99. The van der Waals surface area contributed by atoms with Crippen molar-refractivity contribution in [1.82, 2.24) is 10.2 Å². The highest BCUT2D eigenvalue weighted by Crippen LogP contribution is 2.29. The summed E-state index contributed by atoms with van der Waals surface area (Å²) in [6.07, 6.45) is 2.96. The maximum atomic E-state index is 12.5. The molecule has 25 heavy (non-hydrogen) atoms.